The molecule has 0 fully saturated rings. The number of halogens is 1. The zero-order valence-electron chi connectivity index (χ0n) is 10.7. The SMILES string of the molecule is CNCCC(c1ccc(Cl)cc1)C(C)(C)C. The molecule has 16 heavy (non-hydrogen) atoms. The van der Waals surface area contributed by atoms with Gasteiger partial charge in [-0.25, -0.2) is 0 Å². The van der Waals surface area contributed by atoms with Crippen molar-refractivity contribution < 1.29 is 0 Å². The fourth-order valence-electron chi connectivity index (χ4n) is 2.08. The fraction of sp³-hybridized carbons (Fsp3) is 0.571. The largest absolute Gasteiger partial charge is 0.320 e. The lowest BCUT2D eigenvalue weighted by atomic mass is 9.74. The van der Waals surface area contributed by atoms with E-state index in [9.17, 15) is 0 Å². The van der Waals surface area contributed by atoms with Gasteiger partial charge in [-0.3, -0.25) is 0 Å². The highest BCUT2D eigenvalue weighted by Gasteiger charge is 2.25. The van der Waals surface area contributed by atoms with Crippen LogP contribution in [-0.4, -0.2) is 13.6 Å². The molecule has 0 heterocycles. The first-order valence-corrected chi connectivity index (χ1v) is 6.23. The van der Waals surface area contributed by atoms with Crippen LogP contribution in [0.15, 0.2) is 24.3 Å². The Balaban J connectivity index is 2.88. The number of hydrogen-bond donors (Lipinski definition) is 1. The summed E-state index contributed by atoms with van der Waals surface area (Å²) in [6.45, 7) is 7.93. The Kier molecular flexibility index (Phi) is 4.82. The van der Waals surface area contributed by atoms with Gasteiger partial charge in [-0.1, -0.05) is 44.5 Å². The van der Waals surface area contributed by atoms with E-state index < -0.39 is 0 Å². The van der Waals surface area contributed by atoms with Crippen LogP contribution in [0.25, 0.3) is 0 Å². The van der Waals surface area contributed by atoms with E-state index in [-0.39, 0.29) is 5.41 Å². The van der Waals surface area contributed by atoms with Crippen LogP contribution in [0.5, 0.6) is 0 Å². The number of rotatable bonds is 4. The molecule has 1 rings (SSSR count). The first-order chi connectivity index (χ1) is 7.45. The van der Waals surface area contributed by atoms with Crippen LogP contribution in [0.3, 0.4) is 0 Å². The minimum absolute atomic E-state index is 0.282. The van der Waals surface area contributed by atoms with Crippen molar-refractivity contribution in [2.45, 2.75) is 33.1 Å². The van der Waals surface area contributed by atoms with Gasteiger partial charge in [0.25, 0.3) is 0 Å². The van der Waals surface area contributed by atoms with Gasteiger partial charge < -0.3 is 5.32 Å². The highest BCUT2D eigenvalue weighted by molar-refractivity contribution is 6.30. The molecule has 90 valence electrons. The maximum atomic E-state index is 5.92. The topological polar surface area (TPSA) is 12.0 Å². The van der Waals surface area contributed by atoms with Crippen molar-refractivity contribution in [2.75, 3.05) is 13.6 Å². The Labute approximate surface area is 104 Å². The highest BCUT2D eigenvalue weighted by atomic mass is 35.5. The predicted octanol–water partition coefficient (Wildman–Crippen LogP) is 4.08. The Hall–Kier alpha value is -0.530. The van der Waals surface area contributed by atoms with Gasteiger partial charge >= 0.3 is 0 Å². The predicted molar refractivity (Wildman–Crippen MR) is 72.2 cm³/mol. The van der Waals surface area contributed by atoms with Crippen LogP contribution in [0.4, 0.5) is 0 Å². The Morgan fingerprint density at radius 2 is 1.75 bits per heavy atom. The van der Waals surface area contributed by atoms with E-state index in [0.717, 1.165) is 18.0 Å². The standard InChI is InChI=1S/C14H22ClN/c1-14(2,3)13(9-10-16-4)11-5-7-12(15)8-6-11/h5-8,13,16H,9-10H2,1-4H3. The summed E-state index contributed by atoms with van der Waals surface area (Å²) in [6, 6.07) is 8.26. The summed E-state index contributed by atoms with van der Waals surface area (Å²) in [5.41, 5.74) is 1.66. The average molecular weight is 240 g/mol. The number of hydrogen-bond acceptors (Lipinski definition) is 1. The van der Waals surface area contributed by atoms with E-state index in [1.807, 2.05) is 19.2 Å². The molecule has 1 aromatic carbocycles. The maximum Gasteiger partial charge on any atom is 0.0406 e. The molecule has 1 aromatic rings. The van der Waals surface area contributed by atoms with Gasteiger partial charge in [0, 0.05) is 5.02 Å². The van der Waals surface area contributed by atoms with Crippen LogP contribution in [0.2, 0.25) is 5.02 Å². The van der Waals surface area contributed by atoms with Gasteiger partial charge in [-0.05, 0) is 49.0 Å². The van der Waals surface area contributed by atoms with Crippen LogP contribution in [-0.2, 0) is 0 Å². The molecule has 1 nitrogen and oxygen atoms in total. The van der Waals surface area contributed by atoms with E-state index in [4.69, 9.17) is 11.6 Å². The molecule has 0 spiro atoms. The van der Waals surface area contributed by atoms with Gasteiger partial charge in [0.1, 0.15) is 0 Å². The molecular weight excluding hydrogens is 218 g/mol. The third-order valence-electron chi connectivity index (χ3n) is 3.00. The maximum absolute atomic E-state index is 5.92. The normalized spacial score (nSPS) is 13.8. The molecule has 0 radical (unpaired) electrons. The van der Waals surface area contributed by atoms with Crippen molar-refractivity contribution in [1.29, 1.82) is 0 Å². The van der Waals surface area contributed by atoms with Gasteiger partial charge in [0.05, 0.1) is 0 Å². The molecule has 0 aliphatic rings. The summed E-state index contributed by atoms with van der Waals surface area (Å²) < 4.78 is 0. The second kappa shape index (κ2) is 5.70. The summed E-state index contributed by atoms with van der Waals surface area (Å²) in [6.07, 6.45) is 1.15. The lowest BCUT2D eigenvalue weighted by molar-refractivity contribution is 0.303. The molecule has 0 saturated heterocycles. The van der Waals surface area contributed by atoms with Crippen molar-refractivity contribution in [3.63, 3.8) is 0 Å². The zero-order valence-corrected chi connectivity index (χ0v) is 11.4. The lowest BCUT2D eigenvalue weighted by Crippen LogP contribution is -2.22. The monoisotopic (exact) mass is 239 g/mol. The van der Waals surface area contributed by atoms with Crippen LogP contribution >= 0.6 is 11.6 Å². The van der Waals surface area contributed by atoms with E-state index in [1.165, 1.54) is 5.56 Å². The van der Waals surface area contributed by atoms with Crippen molar-refractivity contribution in [2.24, 2.45) is 5.41 Å². The zero-order chi connectivity index (χ0) is 12.2. The smallest absolute Gasteiger partial charge is 0.0406 e. The van der Waals surface area contributed by atoms with E-state index in [1.54, 1.807) is 0 Å². The lowest BCUT2D eigenvalue weighted by Gasteiger charge is -2.31. The van der Waals surface area contributed by atoms with Crippen molar-refractivity contribution in [3.05, 3.63) is 34.9 Å². The van der Waals surface area contributed by atoms with Crippen LogP contribution < -0.4 is 5.32 Å². The Morgan fingerprint density at radius 1 is 1.19 bits per heavy atom. The minimum atomic E-state index is 0.282. The van der Waals surface area contributed by atoms with E-state index >= 15 is 0 Å². The molecular formula is C14H22ClN. The molecule has 0 aromatic heterocycles. The quantitative estimate of drug-likeness (QED) is 0.835. The highest BCUT2D eigenvalue weighted by Crippen LogP contribution is 2.37. The van der Waals surface area contributed by atoms with Crippen LogP contribution in [0, 0.1) is 5.41 Å². The minimum Gasteiger partial charge on any atom is -0.320 e. The molecule has 1 unspecified atom stereocenters. The summed E-state index contributed by atoms with van der Waals surface area (Å²) in [7, 11) is 2.00. The second-order valence-corrected chi connectivity index (χ2v) is 5.80. The Morgan fingerprint density at radius 3 is 2.19 bits per heavy atom. The molecule has 1 N–H and O–H groups in total. The second-order valence-electron chi connectivity index (χ2n) is 5.36. The molecule has 0 aliphatic heterocycles. The van der Waals surface area contributed by atoms with Gasteiger partial charge in [0.15, 0.2) is 0 Å². The van der Waals surface area contributed by atoms with E-state index in [2.05, 4.69) is 38.2 Å². The first kappa shape index (κ1) is 13.5. The Bertz CT molecular complexity index is 311. The summed E-state index contributed by atoms with van der Waals surface area (Å²) in [4.78, 5) is 0. The van der Waals surface area contributed by atoms with Crippen molar-refractivity contribution in [3.8, 4) is 0 Å². The molecule has 0 amide bonds. The van der Waals surface area contributed by atoms with Gasteiger partial charge in [-0.15, -0.1) is 0 Å². The van der Waals surface area contributed by atoms with Crippen LogP contribution in [0.1, 0.15) is 38.7 Å². The fourth-order valence-corrected chi connectivity index (χ4v) is 2.21. The number of nitrogens with one attached hydrogen (secondary N) is 1. The molecule has 0 bridgehead atoms. The van der Waals surface area contributed by atoms with Gasteiger partial charge in [-0.2, -0.15) is 0 Å². The average Bonchev–Trinajstić information content (AvgIpc) is 2.19. The third kappa shape index (κ3) is 3.80. The summed E-state index contributed by atoms with van der Waals surface area (Å²) in [5, 5.41) is 4.04. The number of benzene rings is 1. The van der Waals surface area contributed by atoms with Crippen molar-refractivity contribution >= 4 is 11.6 Å². The summed E-state index contributed by atoms with van der Waals surface area (Å²) in [5.74, 6) is 0.567. The van der Waals surface area contributed by atoms with E-state index in [0.29, 0.717) is 5.92 Å². The molecule has 2 heteroatoms. The van der Waals surface area contributed by atoms with Crippen molar-refractivity contribution in [1.82, 2.24) is 5.32 Å². The third-order valence-corrected chi connectivity index (χ3v) is 3.25. The molecule has 0 saturated carbocycles. The first-order valence-electron chi connectivity index (χ1n) is 5.85. The molecule has 0 aliphatic carbocycles. The molecule has 1 atom stereocenters. The van der Waals surface area contributed by atoms with Gasteiger partial charge in [0.2, 0.25) is 0 Å². The summed E-state index contributed by atoms with van der Waals surface area (Å²) >= 11 is 5.92.